The van der Waals surface area contributed by atoms with Crippen LogP contribution in [0.25, 0.3) is 0 Å². The van der Waals surface area contributed by atoms with Gasteiger partial charge in [0, 0.05) is 12.2 Å². The summed E-state index contributed by atoms with van der Waals surface area (Å²) in [5.74, 6) is 0.711. The van der Waals surface area contributed by atoms with E-state index in [1.807, 2.05) is 25.3 Å². The van der Waals surface area contributed by atoms with Gasteiger partial charge >= 0.3 is 0 Å². The third-order valence-corrected chi connectivity index (χ3v) is 3.03. The van der Waals surface area contributed by atoms with Crippen LogP contribution in [0.1, 0.15) is 30.4 Å². The molecule has 0 bridgehead atoms. The number of hydrogen-bond donors (Lipinski definition) is 0. The topological polar surface area (TPSA) is 35.5 Å². The minimum absolute atomic E-state index is 0.189. The molecule has 1 aliphatic heterocycles. The zero-order valence-electron chi connectivity index (χ0n) is 10.1. The maximum absolute atomic E-state index is 10.7. The fourth-order valence-corrected chi connectivity index (χ4v) is 1.93. The Balaban J connectivity index is 1.91. The van der Waals surface area contributed by atoms with Crippen molar-refractivity contribution in [3.05, 3.63) is 29.3 Å². The predicted octanol–water partition coefficient (Wildman–Crippen LogP) is 2.40. The fourth-order valence-electron chi connectivity index (χ4n) is 1.93. The van der Waals surface area contributed by atoms with E-state index in [4.69, 9.17) is 9.47 Å². The van der Waals surface area contributed by atoms with Gasteiger partial charge in [-0.3, -0.25) is 4.79 Å². The molecule has 0 aromatic heterocycles. The Morgan fingerprint density at radius 2 is 2.35 bits per heavy atom. The van der Waals surface area contributed by atoms with Gasteiger partial charge in [0.25, 0.3) is 0 Å². The summed E-state index contributed by atoms with van der Waals surface area (Å²) in [5, 5.41) is 0. The predicted molar refractivity (Wildman–Crippen MR) is 65.1 cm³/mol. The van der Waals surface area contributed by atoms with Crippen LogP contribution in [0, 0.1) is 6.92 Å². The zero-order chi connectivity index (χ0) is 12.1. The van der Waals surface area contributed by atoms with Gasteiger partial charge in [0.15, 0.2) is 0 Å². The van der Waals surface area contributed by atoms with E-state index < -0.39 is 0 Å². The van der Waals surface area contributed by atoms with Gasteiger partial charge in [0.2, 0.25) is 6.29 Å². The maximum atomic E-state index is 10.7. The first kappa shape index (κ1) is 12.1. The molecule has 1 heterocycles. The lowest BCUT2D eigenvalue weighted by Gasteiger charge is -2.22. The van der Waals surface area contributed by atoms with Crippen molar-refractivity contribution in [3.8, 4) is 5.75 Å². The Kier molecular flexibility index (Phi) is 4.15. The van der Waals surface area contributed by atoms with Crippen LogP contribution < -0.4 is 4.74 Å². The van der Waals surface area contributed by atoms with Crippen molar-refractivity contribution < 1.29 is 14.3 Å². The number of aryl methyl sites for hydroxylation is 1. The van der Waals surface area contributed by atoms with Crippen molar-refractivity contribution >= 4 is 6.29 Å². The van der Waals surface area contributed by atoms with Crippen LogP contribution in [0.15, 0.2) is 18.2 Å². The number of ether oxygens (including phenoxy) is 2. The molecule has 0 aliphatic carbocycles. The average Bonchev–Trinajstić information content (AvgIpc) is 2.39. The maximum Gasteiger partial charge on any atom is 0.233 e. The monoisotopic (exact) mass is 233 g/mol. The molecule has 1 atom stereocenters. The highest BCUT2D eigenvalue weighted by molar-refractivity contribution is 5.78. The third kappa shape index (κ3) is 3.30. The number of rotatable bonds is 4. The number of carbonyl (C=O) groups excluding carboxylic acids is 1. The van der Waals surface area contributed by atoms with Gasteiger partial charge in [0.1, 0.15) is 12.4 Å². The normalized spacial score (nSPS) is 19.9. The molecule has 1 aromatic carbocycles. The fraction of sp³-hybridized carbons (Fsp3) is 0.500. The second kappa shape index (κ2) is 5.82. The molecule has 0 amide bonds. The molecule has 17 heavy (non-hydrogen) atoms. The highest BCUT2D eigenvalue weighted by atomic mass is 16.5. The third-order valence-electron chi connectivity index (χ3n) is 3.03. The minimum atomic E-state index is 0.189. The highest BCUT2D eigenvalue weighted by Crippen LogP contribution is 2.18. The first-order valence-corrected chi connectivity index (χ1v) is 6.03. The van der Waals surface area contributed by atoms with Crippen molar-refractivity contribution in [2.24, 2.45) is 0 Å². The van der Waals surface area contributed by atoms with Gasteiger partial charge in [-0.25, -0.2) is 0 Å². The van der Waals surface area contributed by atoms with E-state index >= 15 is 0 Å². The Bertz CT molecular complexity index is 381. The van der Waals surface area contributed by atoms with Gasteiger partial charge in [-0.05, 0) is 43.9 Å². The van der Waals surface area contributed by atoms with Crippen LogP contribution in [0.5, 0.6) is 5.75 Å². The molecule has 1 saturated heterocycles. The average molecular weight is 233 g/mol. The number of hydrogen-bond acceptors (Lipinski definition) is 3. The van der Waals surface area contributed by atoms with Gasteiger partial charge in [-0.2, -0.15) is 0 Å². The molecular weight excluding hydrogens is 216 g/mol. The summed E-state index contributed by atoms with van der Waals surface area (Å²) in [7, 11) is 0. The molecule has 1 unspecified atom stereocenters. The van der Waals surface area contributed by atoms with Crippen molar-refractivity contribution in [3.63, 3.8) is 0 Å². The summed E-state index contributed by atoms with van der Waals surface area (Å²) in [5.41, 5.74) is 1.48. The van der Waals surface area contributed by atoms with E-state index in [1.165, 1.54) is 6.42 Å². The summed E-state index contributed by atoms with van der Waals surface area (Å²) >= 11 is 0. The Labute approximate surface area is 102 Å². The molecule has 3 nitrogen and oxygen atoms in total. The van der Waals surface area contributed by atoms with Crippen molar-refractivity contribution in [1.29, 1.82) is 0 Å². The van der Waals surface area contributed by atoms with Gasteiger partial charge < -0.3 is 9.47 Å². The second-order valence-corrected chi connectivity index (χ2v) is 4.38. The first-order valence-electron chi connectivity index (χ1n) is 6.03. The molecular formula is C14H17O3. The Hall–Kier alpha value is -1.35. The Morgan fingerprint density at radius 1 is 1.47 bits per heavy atom. The summed E-state index contributed by atoms with van der Waals surface area (Å²) in [6.07, 6.45) is 5.50. The smallest absolute Gasteiger partial charge is 0.233 e. The summed E-state index contributed by atoms with van der Waals surface area (Å²) in [6.45, 7) is 3.27. The van der Waals surface area contributed by atoms with Crippen LogP contribution in [0.3, 0.4) is 0 Å². The van der Waals surface area contributed by atoms with E-state index in [1.54, 1.807) is 6.07 Å². The molecule has 0 spiro atoms. The largest absolute Gasteiger partial charge is 0.491 e. The molecule has 91 valence electrons. The molecule has 2 rings (SSSR count). The van der Waals surface area contributed by atoms with E-state index in [2.05, 4.69) is 0 Å². The minimum Gasteiger partial charge on any atom is -0.491 e. The van der Waals surface area contributed by atoms with Crippen LogP contribution >= 0.6 is 0 Å². The van der Waals surface area contributed by atoms with Crippen LogP contribution in [0.4, 0.5) is 0 Å². The van der Waals surface area contributed by atoms with E-state index in [-0.39, 0.29) is 6.10 Å². The lowest BCUT2D eigenvalue weighted by molar-refractivity contribution is -0.0110. The Morgan fingerprint density at radius 3 is 3.06 bits per heavy atom. The van der Waals surface area contributed by atoms with Gasteiger partial charge in [-0.15, -0.1) is 0 Å². The summed E-state index contributed by atoms with van der Waals surface area (Å²) < 4.78 is 11.2. The lowest BCUT2D eigenvalue weighted by atomic mass is 10.1. The zero-order valence-corrected chi connectivity index (χ0v) is 10.1. The molecule has 0 N–H and O–H groups in total. The quantitative estimate of drug-likeness (QED) is 0.801. The number of benzene rings is 1. The molecule has 3 heteroatoms. The van der Waals surface area contributed by atoms with Crippen molar-refractivity contribution in [1.82, 2.24) is 0 Å². The summed E-state index contributed by atoms with van der Waals surface area (Å²) in [6, 6.07) is 5.47. The van der Waals surface area contributed by atoms with Gasteiger partial charge in [-0.1, -0.05) is 6.07 Å². The molecule has 1 aliphatic rings. The van der Waals surface area contributed by atoms with E-state index in [0.717, 1.165) is 25.0 Å². The summed E-state index contributed by atoms with van der Waals surface area (Å²) in [4.78, 5) is 10.7. The van der Waals surface area contributed by atoms with Crippen LogP contribution in [-0.2, 0) is 9.53 Å². The SMILES string of the molecule is Cc1ccc(OCC2CCCCO2)cc1[C]=O. The molecule has 1 fully saturated rings. The lowest BCUT2D eigenvalue weighted by Crippen LogP contribution is -2.25. The first-order chi connectivity index (χ1) is 8.29. The van der Waals surface area contributed by atoms with Gasteiger partial charge in [0.05, 0.1) is 6.10 Å². The molecule has 1 radical (unpaired) electrons. The standard InChI is InChI=1S/C14H17O3/c1-11-5-6-13(8-12(11)9-15)17-10-14-4-2-3-7-16-14/h5-6,8,14H,2-4,7,10H2,1H3. The molecule has 0 saturated carbocycles. The van der Waals surface area contributed by atoms with Crippen LogP contribution in [-0.4, -0.2) is 25.6 Å². The highest BCUT2D eigenvalue weighted by Gasteiger charge is 2.14. The molecule has 1 aromatic rings. The van der Waals surface area contributed by atoms with Crippen LogP contribution in [0.2, 0.25) is 0 Å². The second-order valence-electron chi connectivity index (χ2n) is 4.38. The van der Waals surface area contributed by atoms with E-state index in [0.29, 0.717) is 17.9 Å². The van der Waals surface area contributed by atoms with E-state index in [9.17, 15) is 4.79 Å². The van der Waals surface area contributed by atoms with Crippen molar-refractivity contribution in [2.75, 3.05) is 13.2 Å². The van der Waals surface area contributed by atoms with Crippen molar-refractivity contribution in [2.45, 2.75) is 32.3 Å².